The molecule has 0 spiro atoms. The Morgan fingerprint density at radius 1 is 1.27 bits per heavy atom. The molecule has 2 unspecified atom stereocenters. The van der Waals surface area contributed by atoms with E-state index in [0.29, 0.717) is 18.4 Å². The van der Waals surface area contributed by atoms with Crippen molar-refractivity contribution in [1.82, 2.24) is 15.6 Å². The highest BCUT2D eigenvalue weighted by Gasteiger charge is 2.32. The average molecular weight is 446 g/mol. The van der Waals surface area contributed by atoms with Crippen molar-refractivity contribution < 1.29 is 4.79 Å². The van der Waals surface area contributed by atoms with Gasteiger partial charge in [0.1, 0.15) is 15.9 Å². The summed E-state index contributed by atoms with van der Waals surface area (Å²) in [4.78, 5) is 20.7. The number of aromatic amines is 1. The highest BCUT2D eigenvalue weighted by atomic mass is 35.5. The molecule has 6 nitrogen and oxygen atoms in total. The van der Waals surface area contributed by atoms with E-state index < -0.39 is 6.17 Å². The van der Waals surface area contributed by atoms with E-state index in [1.165, 1.54) is 37.4 Å². The normalized spacial score (nSPS) is 27.0. The van der Waals surface area contributed by atoms with Crippen molar-refractivity contribution in [3.05, 3.63) is 30.0 Å². The number of nitrogens with zero attached hydrogens (tertiary/aromatic N) is 1. The standard InChI is InChI=1S/C22H28ClN5OS/c23-20-21(27-18(29)10-13-8-9-24-12-13)28-22(30-20)17-11-14-4-3-7-16(19(14)26-17)25-15-5-1-2-6-15/h3-4,7,11,13,15,20-21,24-26H,1-2,5-6,8-10,12H2,(H,27,29)/t13?,20?,21-/m0/s1. The molecule has 5 rings (SSSR count). The van der Waals surface area contributed by atoms with E-state index in [-0.39, 0.29) is 10.6 Å². The van der Waals surface area contributed by atoms with Crippen LogP contribution in [0, 0.1) is 5.92 Å². The number of H-pyrrole nitrogens is 1. The Hall–Kier alpha value is -1.70. The zero-order valence-electron chi connectivity index (χ0n) is 16.9. The number of halogens is 1. The zero-order valence-corrected chi connectivity index (χ0v) is 18.5. The first kappa shape index (κ1) is 20.2. The summed E-state index contributed by atoms with van der Waals surface area (Å²) >= 11 is 8.02. The molecular formula is C22H28ClN5OS. The van der Waals surface area contributed by atoms with Gasteiger partial charge in [-0.25, -0.2) is 4.99 Å². The lowest BCUT2D eigenvalue weighted by Gasteiger charge is -2.14. The third kappa shape index (κ3) is 4.34. The van der Waals surface area contributed by atoms with E-state index in [9.17, 15) is 4.79 Å². The molecule has 0 bridgehead atoms. The minimum atomic E-state index is -0.393. The Morgan fingerprint density at radius 2 is 2.13 bits per heavy atom. The van der Waals surface area contributed by atoms with Crippen molar-refractivity contribution in [2.45, 2.75) is 55.4 Å². The monoisotopic (exact) mass is 445 g/mol. The molecule has 1 saturated heterocycles. The van der Waals surface area contributed by atoms with Gasteiger partial charge in [0.15, 0.2) is 0 Å². The van der Waals surface area contributed by atoms with Crippen molar-refractivity contribution >= 4 is 50.9 Å². The van der Waals surface area contributed by atoms with Crippen LogP contribution in [0.4, 0.5) is 5.69 Å². The molecule has 1 aromatic carbocycles. The maximum Gasteiger partial charge on any atom is 0.222 e. The number of anilines is 1. The number of nitrogens with one attached hydrogen (secondary N) is 4. The number of aromatic nitrogens is 1. The lowest BCUT2D eigenvalue weighted by Crippen LogP contribution is -2.37. The quantitative estimate of drug-likeness (QED) is 0.506. The summed E-state index contributed by atoms with van der Waals surface area (Å²) < 4.78 is -0.298. The number of fused-ring (bicyclic) bond motifs is 1. The van der Waals surface area contributed by atoms with Crippen LogP contribution in [0.15, 0.2) is 29.3 Å². The van der Waals surface area contributed by atoms with Gasteiger partial charge >= 0.3 is 0 Å². The molecule has 1 saturated carbocycles. The Labute approximate surface area is 186 Å². The van der Waals surface area contributed by atoms with Crippen LogP contribution in [0.25, 0.3) is 10.9 Å². The van der Waals surface area contributed by atoms with Gasteiger partial charge in [0.2, 0.25) is 5.91 Å². The highest BCUT2D eigenvalue weighted by Crippen LogP contribution is 2.34. The molecule has 4 N–H and O–H groups in total. The smallest absolute Gasteiger partial charge is 0.222 e. The third-order valence-electron chi connectivity index (χ3n) is 6.28. The number of carbonyl (C=O) groups is 1. The van der Waals surface area contributed by atoms with Crippen LogP contribution in [0.5, 0.6) is 0 Å². The largest absolute Gasteiger partial charge is 0.381 e. The summed E-state index contributed by atoms with van der Waals surface area (Å²) in [6, 6.07) is 9.02. The number of amides is 1. The Kier molecular flexibility index (Phi) is 5.94. The van der Waals surface area contributed by atoms with Gasteiger partial charge < -0.3 is 20.9 Å². The molecule has 3 heterocycles. The summed E-state index contributed by atoms with van der Waals surface area (Å²) in [5.41, 5.74) is 3.21. The van der Waals surface area contributed by atoms with Crippen molar-refractivity contribution in [3.8, 4) is 0 Å². The third-order valence-corrected chi connectivity index (χ3v) is 7.81. The van der Waals surface area contributed by atoms with Crippen LogP contribution >= 0.6 is 23.4 Å². The molecule has 3 atom stereocenters. The topological polar surface area (TPSA) is 81.3 Å². The van der Waals surface area contributed by atoms with Gasteiger partial charge in [0.25, 0.3) is 0 Å². The summed E-state index contributed by atoms with van der Waals surface area (Å²) in [5, 5.41) is 12.0. The highest BCUT2D eigenvalue weighted by molar-refractivity contribution is 8.16. The van der Waals surface area contributed by atoms with E-state index in [1.54, 1.807) is 0 Å². The predicted octanol–water partition coefficient (Wildman–Crippen LogP) is 4.02. The number of carbonyl (C=O) groups excluding carboxylic acids is 1. The number of aliphatic imine (C=N–C) groups is 1. The van der Waals surface area contributed by atoms with Gasteiger partial charge in [-0.1, -0.05) is 36.7 Å². The molecule has 1 aliphatic carbocycles. The summed E-state index contributed by atoms with van der Waals surface area (Å²) in [6.07, 6.45) is 6.27. The summed E-state index contributed by atoms with van der Waals surface area (Å²) in [7, 11) is 0. The molecule has 2 aromatic rings. The van der Waals surface area contributed by atoms with Crippen molar-refractivity contribution in [3.63, 3.8) is 0 Å². The van der Waals surface area contributed by atoms with Crippen LogP contribution in [-0.4, -0.2) is 45.9 Å². The van der Waals surface area contributed by atoms with Crippen molar-refractivity contribution in [1.29, 1.82) is 0 Å². The molecule has 0 radical (unpaired) electrons. The van der Waals surface area contributed by atoms with Gasteiger partial charge in [-0.3, -0.25) is 4.79 Å². The molecule has 160 valence electrons. The first-order valence-corrected chi connectivity index (χ1v) is 12.2. The van der Waals surface area contributed by atoms with Crippen LogP contribution in [-0.2, 0) is 4.79 Å². The number of alkyl halides is 1. The van der Waals surface area contributed by atoms with Crippen LogP contribution in [0.2, 0.25) is 0 Å². The number of para-hydroxylation sites is 1. The van der Waals surface area contributed by atoms with E-state index >= 15 is 0 Å². The van der Waals surface area contributed by atoms with E-state index in [1.807, 2.05) is 0 Å². The van der Waals surface area contributed by atoms with Gasteiger partial charge in [-0.2, -0.15) is 0 Å². The fourth-order valence-electron chi connectivity index (χ4n) is 4.67. The second-order valence-electron chi connectivity index (χ2n) is 8.56. The van der Waals surface area contributed by atoms with Gasteiger partial charge in [-0.15, -0.1) is 11.6 Å². The first-order valence-electron chi connectivity index (χ1n) is 10.9. The van der Waals surface area contributed by atoms with Gasteiger partial charge in [0.05, 0.1) is 16.9 Å². The molecule has 2 fully saturated rings. The SMILES string of the molecule is O=C(CC1CCNC1)N[C@H]1N=C(c2cc3cccc(NC4CCCC4)c3[nH]2)SC1Cl. The fourth-order valence-corrected chi connectivity index (χ4v) is 5.93. The van der Waals surface area contributed by atoms with Crippen LogP contribution < -0.4 is 16.0 Å². The van der Waals surface area contributed by atoms with Gasteiger partial charge in [0, 0.05) is 17.8 Å². The van der Waals surface area contributed by atoms with E-state index in [0.717, 1.165) is 46.8 Å². The molecule has 1 amide bonds. The fraction of sp³-hybridized carbons (Fsp3) is 0.545. The first-order chi connectivity index (χ1) is 14.7. The number of benzene rings is 1. The maximum atomic E-state index is 12.4. The van der Waals surface area contributed by atoms with E-state index in [2.05, 4.69) is 45.2 Å². The number of thioether (sulfide) groups is 1. The predicted molar refractivity (Wildman–Crippen MR) is 125 cm³/mol. The second kappa shape index (κ2) is 8.81. The lowest BCUT2D eigenvalue weighted by atomic mass is 10.0. The molecule has 30 heavy (non-hydrogen) atoms. The Balaban J connectivity index is 1.30. The van der Waals surface area contributed by atoms with E-state index in [4.69, 9.17) is 16.6 Å². The van der Waals surface area contributed by atoms with Gasteiger partial charge in [-0.05, 0) is 50.4 Å². The zero-order chi connectivity index (χ0) is 20.5. The maximum absolute atomic E-state index is 12.4. The molecule has 8 heteroatoms. The summed E-state index contributed by atoms with van der Waals surface area (Å²) in [5.74, 6) is 0.445. The molecule has 2 aliphatic heterocycles. The lowest BCUT2D eigenvalue weighted by molar-refractivity contribution is -0.122. The number of hydrogen-bond acceptors (Lipinski definition) is 5. The molecular weight excluding hydrogens is 418 g/mol. The molecule has 1 aromatic heterocycles. The minimum absolute atomic E-state index is 0.0321. The average Bonchev–Trinajstić information content (AvgIpc) is 3.50. The molecule has 3 aliphatic rings. The minimum Gasteiger partial charge on any atom is -0.381 e. The van der Waals surface area contributed by atoms with Crippen molar-refractivity contribution in [2.75, 3.05) is 18.4 Å². The number of rotatable bonds is 6. The second-order valence-corrected chi connectivity index (χ2v) is 10.4. The number of hydrogen-bond donors (Lipinski definition) is 4. The van der Waals surface area contributed by atoms with Crippen LogP contribution in [0.3, 0.4) is 0 Å². The summed E-state index contributed by atoms with van der Waals surface area (Å²) in [6.45, 7) is 1.91. The Morgan fingerprint density at radius 3 is 2.93 bits per heavy atom. The Bertz CT molecular complexity index is 948. The van der Waals surface area contributed by atoms with Crippen LogP contribution in [0.1, 0.15) is 44.2 Å². The van der Waals surface area contributed by atoms with Crippen molar-refractivity contribution in [2.24, 2.45) is 10.9 Å².